The van der Waals surface area contributed by atoms with Crippen LogP contribution in [0.5, 0.6) is 11.5 Å². The molecule has 0 radical (unpaired) electrons. The average Bonchev–Trinajstić information content (AvgIpc) is 3.10. The highest BCUT2D eigenvalue weighted by Gasteiger charge is 2.46. The van der Waals surface area contributed by atoms with Crippen LogP contribution in [0.25, 0.3) is 0 Å². The third kappa shape index (κ3) is 8.24. The number of benzene rings is 2. The number of hydrogen-bond donors (Lipinski definition) is 1. The molecular weight excluding hydrogens is 662 g/mol. The van der Waals surface area contributed by atoms with Gasteiger partial charge in [-0.2, -0.15) is 5.26 Å². The largest absolute Gasteiger partial charge is 0.451 e. The second-order valence-electron chi connectivity index (χ2n) is 13.8. The Kier molecular flexibility index (Phi) is 11.0. The number of hydrogen-bond acceptors (Lipinski definition) is 10. The van der Waals surface area contributed by atoms with Gasteiger partial charge in [-0.15, -0.1) is 0 Å². The van der Waals surface area contributed by atoms with Gasteiger partial charge in [0.15, 0.2) is 11.6 Å². The van der Waals surface area contributed by atoms with E-state index in [9.17, 15) is 17.6 Å². The van der Waals surface area contributed by atoms with Gasteiger partial charge in [-0.05, 0) is 83.0 Å². The van der Waals surface area contributed by atoms with Crippen LogP contribution >= 0.6 is 0 Å². The zero-order valence-corrected chi connectivity index (χ0v) is 29.3. The lowest BCUT2D eigenvalue weighted by Crippen LogP contribution is -2.61. The van der Waals surface area contributed by atoms with Crippen molar-refractivity contribution in [2.45, 2.75) is 69.0 Å². The molecule has 3 saturated heterocycles. The monoisotopic (exact) mass is 705 g/mol. The molecular formula is C36H44FN7O5S. The van der Waals surface area contributed by atoms with Gasteiger partial charge in [-0.3, -0.25) is 4.79 Å². The smallest absolute Gasteiger partial charge is 0.258 e. The maximum absolute atomic E-state index is 14.4. The van der Waals surface area contributed by atoms with Crippen LogP contribution in [0.4, 0.5) is 10.2 Å². The number of amides is 1. The maximum atomic E-state index is 14.4. The highest BCUT2D eigenvalue weighted by atomic mass is 32.2. The summed E-state index contributed by atoms with van der Waals surface area (Å²) in [5, 5.41) is 9.07. The van der Waals surface area contributed by atoms with E-state index >= 15 is 0 Å². The molecule has 2 atom stereocenters. The second kappa shape index (κ2) is 15.4. The van der Waals surface area contributed by atoms with E-state index in [-0.39, 0.29) is 52.8 Å². The predicted molar refractivity (Wildman–Crippen MR) is 185 cm³/mol. The number of likely N-dealkylation sites (tertiary alicyclic amines) is 1. The summed E-state index contributed by atoms with van der Waals surface area (Å²) in [6, 6.07) is 13.9. The first-order chi connectivity index (χ1) is 24.1. The number of rotatable bonds is 12. The van der Waals surface area contributed by atoms with Crippen molar-refractivity contribution in [2.75, 3.05) is 50.8 Å². The Hall–Kier alpha value is -4.16. The number of nitriles is 1. The minimum absolute atomic E-state index is 0.0716. The minimum Gasteiger partial charge on any atom is -0.451 e. The van der Waals surface area contributed by atoms with Crippen molar-refractivity contribution in [3.63, 3.8) is 0 Å². The number of nitrogens with zero attached hydrogens (tertiary/aromatic N) is 6. The van der Waals surface area contributed by atoms with E-state index in [1.807, 2.05) is 13.8 Å². The Balaban J connectivity index is 1.01. The van der Waals surface area contributed by atoms with Crippen LogP contribution < -0.4 is 14.4 Å². The molecule has 2 aromatic carbocycles. The van der Waals surface area contributed by atoms with E-state index in [1.165, 1.54) is 29.4 Å². The standard InChI is InChI=1S/C36H44FN7O5S/c1-26(2)44(16-6-15-38)35(45)31-19-27(37)9-12-32(31)49-33-20-39-25-40-34(33)43-23-36(24-43)13-17-42(18-14-36)21-29-11-10-28(22-48-29)41-50(46,47)30-7-4-3-5-8-30/h3-5,7-9,12,19-20,25-26,28-29,41H,6,10-11,13-14,16-18,21-24H2,1-2H3/t28-,29+/m1/s1. The van der Waals surface area contributed by atoms with E-state index < -0.39 is 21.7 Å². The topological polar surface area (TPSA) is 141 Å². The molecule has 3 aliphatic rings. The molecule has 0 aliphatic carbocycles. The molecule has 3 fully saturated rings. The van der Waals surface area contributed by atoms with E-state index in [1.54, 1.807) is 36.5 Å². The molecule has 0 saturated carbocycles. The van der Waals surface area contributed by atoms with E-state index in [2.05, 4.69) is 30.6 Å². The maximum Gasteiger partial charge on any atom is 0.258 e. The molecule has 6 rings (SSSR count). The van der Waals surface area contributed by atoms with Crippen LogP contribution in [-0.4, -0.2) is 98.2 Å². The molecule has 3 aliphatic heterocycles. The van der Waals surface area contributed by atoms with Crippen molar-refractivity contribution in [2.24, 2.45) is 5.41 Å². The summed E-state index contributed by atoms with van der Waals surface area (Å²) in [5.74, 6) is 0.226. The van der Waals surface area contributed by atoms with Gasteiger partial charge in [-0.1, -0.05) is 18.2 Å². The van der Waals surface area contributed by atoms with Crippen molar-refractivity contribution in [3.05, 3.63) is 72.4 Å². The fourth-order valence-electron chi connectivity index (χ4n) is 7.07. The fourth-order valence-corrected chi connectivity index (χ4v) is 8.35. The van der Waals surface area contributed by atoms with Crippen molar-refractivity contribution < 1.29 is 27.1 Å². The van der Waals surface area contributed by atoms with Gasteiger partial charge in [0.2, 0.25) is 10.0 Å². The Bertz CT molecular complexity index is 1780. The van der Waals surface area contributed by atoms with Crippen molar-refractivity contribution in [1.29, 1.82) is 5.26 Å². The molecule has 3 aromatic rings. The molecule has 0 unspecified atom stereocenters. The van der Waals surface area contributed by atoms with Crippen molar-refractivity contribution in [3.8, 4) is 17.6 Å². The lowest BCUT2D eigenvalue weighted by atomic mass is 9.72. The Morgan fingerprint density at radius 3 is 2.60 bits per heavy atom. The van der Waals surface area contributed by atoms with Gasteiger partial charge in [0, 0.05) is 43.7 Å². The second-order valence-corrected chi connectivity index (χ2v) is 15.5. The number of halogens is 1. The molecule has 12 nitrogen and oxygen atoms in total. The number of nitrogens with one attached hydrogen (secondary N) is 1. The van der Waals surface area contributed by atoms with Crippen LogP contribution in [-0.2, 0) is 14.8 Å². The summed E-state index contributed by atoms with van der Waals surface area (Å²) in [6.45, 7) is 8.62. The summed E-state index contributed by atoms with van der Waals surface area (Å²) in [5.41, 5.74) is 0.229. The fraction of sp³-hybridized carbons (Fsp3) is 0.500. The van der Waals surface area contributed by atoms with Crippen LogP contribution in [0, 0.1) is 22.6 Å². The summed E-state index contributed by atoms with van der Waals surface area (Å²) < 4.78 is 54.9. The lowest BCUT2D eigenvalue weighted by Gasteiger charge is -2.54. The molecule has 1 spiro atoms. The quantitative estimate of drug-likeness (QED) is 0.284. The normalized spacial score (nSPS) is 20.7. The van der Waals surface area contributed by atoms with Crippen LogP contribution in [0.1, 0.15) is 56.3 Å². The third-order valence-corrected chi connectivity index (χ3v) is 11.4. The predicted octanol–water partition coefficient (Wildman–Crippen LogP) is 4.60. The summed E-state index contributed by atoms with van der Waals surface area (Å²) >= 11 is 0. The van der Waals surface area contributed by atoms with Gasteiger partial charge in [0.25, 0.3) is 5.91 Å². The number of anilines is 1. The van der Waals surface area contributed by atoms with Crippen molar-refractivity contribution >= 4 is 21.7 Å². The first kappa shape index (κ1) is 35.7. The number of sulfonamides is 1. The molecule has 1 aromatic heterocycles. The first-order valence-corrected chi connectivity index (χ1v) is 18.7. The summed E-state index contributed by atoms with van der Waals surface area (Å²) in [4.78, 5) is 28.6. The van der Waals surface area contributed by atoms with Gasteiger partial charge in [-0.25, -0.2) is 27.5 Å². The van der Waals surface area contributed by atoms with Gasteiger partial charge in [0.05, 0.1) is 41.9 Å². The third-order valence-electron chi connectivity index (χ3n) is 9.88. The molecule has 50 heavy (non-hydrogen) atoms. The van der Waals surface area contributed by atoms with E-state index in [0.717, 1.165) is 58.4 Å². The number of aromatic nitrogens is 2. The number of piperidine rings is 1. The number of carbonyl (C=O) groups is 1. The van der Waals surface area contributed by atoms with E-state index in [4.69, 9.17) is 14.7 Å². The SMILES string of the molecule is CC(C)N(CCC#N)C(=O)c1cc(F)ccc1Oc1cncnc1N1CC2(CCN(C[C@@H]3CC[C@@H](NS(=O)(=O)c4ccccc4)CO3)CC2)C1. The number of ether oxygens (including phenoxy) is 2. The highest BCUT2D eigenvalue weighted by Crippen LogP contribution is 2.45. The Morgan fingerprint density at radius 1 is 1.16 bits per heavy atom. The lowest BCUT2D eigenvalue weighted by molar-refractivity contribution is -0.0299. The van der Waals surface area contributed by atoms with Crippen LogP contribution in [0.3, 0.4) is 0 Å². The number of carbonyl (C=O) groups excluding carboxylic acids is 1. The van der Waals surface area contributed by atoms with Crippen molar-refractivity contribution in [1.82, 2.24) is 24.5 Å². The minimum atomic E-state index is -3.57. The summed E-state index contributed by atoms with van der Waals surface area (Å²) in [6.07, 6.45) is 6.85. The molecule has 4 heterocycles. The highest BCUT2D eigenvalue weighted by molar-refractivity contribution is 7.89. The average molecular weight is 706 g/mol. The van der Waals surface area contributed by atoms with Crippen LogP contribution in [0.2, 0.25) is 0 Å². The molecule has 1 N–H and O–H groups in total. The van der Waals surface area contributed by atoms with Gasteiger partial charge in [0.1, 0.15) is 17.9 Å². The zero-order valence-electron chi connectivity index (χ0n) is 28.5. The molecule has 0 bridgehead atoms. The summed E-state index contributed by atoms with van der Waals surface area (Å²) in [7, 11) is -3.57. The van der Waals surface area contributed by atoms with E-state index in [0.29, 0.717) is 18.2 Å². The van der Waals surface area contributed by atoms with Gasteiger partial charge < -0.3 is 24.2 Å². The molecule has 1 amide bonds. The van der Waals surface area contributed by atoms with Gasteiger partial charge >= 0.3 is 0 Å². The Morgan fingerprint density at radius 2 is 1.92 bits per heavy atom. The Labute approximate surface area is 293 Å². The first-order valence-electron chi connectivity index (χ1n) is 17.2. The molecule has 14 heteroatoms. The molecule has 266 valence electrons. The zero-order chi connectivity index (χ0) is 35.3. The van der Waals surface area contributed by atoms with Crippen LogP contribution in [0.15, 0.2) is 66.0 Å².